The molecule has 0 amide bonds. The number of ketones is 1. The van der Waals surface area contributed by atoms with Crippen LogP contribution < -0.4 is 0 Å². The van der Waals surface area contributed by atoms with E-state index in [-0.39, 0.29) is 12.0 Å². The van der Waals surface area contributed by atoms with Crippen LogP contribution in [0.25, 0.3) is 0 Å². The van der Waals surface area contributed by atoms with E-state index in [2.05, 4.69) is 64.0 Å². The zero-order chi connectivity index (χ0) is 18.4. The normalized spacial score (nSPS) is 14.3. The second-order valence-corrected chi connectivity index (χ2v) is 7.33. The average molecular weight is 338 g/mol. The van der Waals surface area contributed by atoms with Crippen molar-refractivity contribution < 1.29 is 4.79 Å². The van der Waals surface area contributed by atoms with Crippen molar-refractivity contribution in [3.63, 3.8) is 0 Å². The van der Waals surface area contributed by atoms with Crippen LogP contribution in [0, 0.1) is 5.92 Å². The fourth-order valence-corrected chi connectivity index (χ4v) is 3.46. The minimum atomic E-state index is -0.609. The lowest BCUT2D eigenvalue weighted by molar-refractivity contribution is -0.127. The monoisotopic (exact) mass is 337 g/mol. The Morgan fingerprint density at radius 1 is 0.920 bits per heavy atom. The Morgan fingerprint density at radius 3 is 1.72 bits per heavy atom. The van der Waals surface area contributed by atoms with Gasteiger partial charge in [-0.05, 0) is 45.0 Å². The van der Waals surface area contributed by atoms with Crippen LogP contribution in [0.4, 0.5) is 0 Å². The molecule has 0 spiro atoms. The molecule has 2 aromatic rings. The highest BCUT2D eigenvalue weighted by Crippen LogP contribution is 2.40. The van der Waals surface area contributed by atoms with Gasteiger partial charge in [0.2, 0.25) is 0 Å². The Labute approximate surface area is 152 Å². The predicted octanol–water partition coefficient (Wildman–Crippen LogP) is 4.93. The molecule has 2 atom stereocenters. The van der Waals surface area contributed by atoms with Gasteiger partial charge in [-0.1, -0.05) is 74.5 Å². The van der Waals surface area contributed by atoms with E-state index in [0.29, 0.717) is 5.78 Å². The summed E-state index contributed by atoms with van der Waals surface area (Å²) in [5.41, 5.74) is 1.59. The second-order valence-electron chi connectivity index (χ2n) is 7.33. The van der Waals surface area contributed by atoms with Gasteiger partial charge < -0.3 is 4.90 Å². The molecule has 25 heavy (non-hydrogen) atoms. The minimum absolute atomic E-state index is 0.0229. The van der Waals surface area contributed by atoms with Crippen molar-refractivity contribution in [3.8, 4) is 0 Å². The lowest BCUT2D eigenvalue weighted by atomic mass is 9.64. The molecular formula is C23H31NO. The highest BCUT2D eigenvalue weighted by atomic mass is 16.1. The van der Waals surface area contributed by atoms with E-state index in [0.717, 1.165) is 24.0 Å². The summed E-state index contributed by atoms with van der Waals surface area (Å²) in [5, 5.41) is 0. The second kappa shape index (κ2) is 8.44. The SMILES string of the molecule is CCC(C)C(=O)C(C[C@H](C)N(C)C)(c1ccccc1)c1ccccc1. The molecule has 0 bridgehead atoms. The fourth-order valence-electron chi connectivity index (χ4n) is 3.46. The molecule has 0 aliphatic carbocycles. The summed E-state index contributed by atoms with van der Waals surface area (Å²) >= 11 is 0. The van der Waals surface area contributed by atoms with Gasteiger partial charge in [0, 0.05) is 12.0 Å². The number of nitrogens with zero attached hydrogens (tertiary/aromatic N) is 1. The summed E-state index contributed by atoms with van der Waals surface area (Å²) in [4.78, 5) is 15.9. The van der Waals surface area contributed by atoms with Crippen LogP contribution in [0.2, 0.25) is 0 Å². The predicted molar refractivity (Wildman–Crippen MR) is 106 cm³/mol. The number of carbonyl (C=O) groups is 1. The van der Waals surface area contributed by atoms with Crippen LogP contribution in [0.1, 0.15) is 44.7 Å². The molecule has 2 heteroatoms. The van der Waals surface area contributed by atoms with Crippen molar-refractivity contribution in [3.05, 3.63) is 71.8 Å². The van der Waals surface area contributed by atoms with Crippen molar-refractivity contribution >= 4 is 5.78 Å². The first-order chi connectivity index (χ1) is 11.9. The van der Waals surface area contributed by atoms with Crippen LogP contribution in [-0.4, -0.2) is 30.8 Å². The molecule has 0 radical (unpaired) electrons. The number of rotatable bonds is 8. The Bertz CT molecular complexity index is 624. The zero-order valence-electron chi connectivity index (χ0n) is 16.2. The summed E-state index contributed by atoms with van der Waals surface area (Å²) in [7, 11) is 4.16. The number of carbonyl (C=O) groups excluding carboxylic acids is 1. The molecule has 0 fully saturated rings. The van der Waals surface area contributed by atoms with Gasteiger partial charge in [-0.2, -0.15) is 0 Å². The molecule has 0 aliphatic rings. The van der Waals surface area contributed by atoms with Crippen molar-refractivity contribution in [1.29, 1.82) is 0 Å². The van der Waals surface area contributed by atoms with E-state index < -0.39 is 5.41 Å². The van der Waals surface area contributed by atoms with Crippen LogP contribution >= 0.6 is 0 Å². The average Bonchev–Trinajstić information content (AvgIpc) is 2.66. The Balaban J connectivity index is 2.71. The Kier molecular flexibility index (Phi) is 6.55. The third kappa shape index (κ3) is 4.01. The molecule has 0 aliphatic heterocycles. The van der Waals surface area contributed by atoms with Gasteiger partial charge in [-0.3, -0.25) is 4.79 Å². The molecule has 2 nitrogen and oxygen atoms in total. The fraction of sp³-hybridized carbons (Fsp3) is 0.435. The highest BCUT2D eigenvalue weighted by Gasteiger charge is 2.44. The molecule has 0 saturated heterocycles. The Morgan fingerprint density at radius 2 is 1.36 bits per heavy atom. The number of Topliss-reactive ketones (excluding diaryl/α,β-unsaturated/α-hetero) is 1. The largest absolute Gasteiger partial charge is 0.307 e. The van der Waals surface area contributed by atoms with E-state index in [1.165, 1.54) is 0 Å². The van der Waals surface area contributed by atoms with Crippen LogP contribution in [0.5, 0.6) is 0 Å². The summed E-state index contributed by atoms with van der Waals surface area (Å²) < 4.78 is 0. The molecule has 2 aromatic carbocycles. The van der Waals surface area contributed by atoms with Crippen molar-refractivity contribution in [2.24, 2.45) is 5.92 Å². The molecule has 0 N–H and O–H groups in total. The smallest absolute Gasteiger partial charge is 0.150 e. The molecule has 134 valence electrons. The van der Waals surface area contributed by atoms with Crippen LogP contribution in [0.3, 0.4) is 0 Å². The van der Waals surface area contributed by atoms with Crippen molar-refractivity contribution in [1.82, 2.24) is 4.90 Å². The first-order valence-electron chi connectivity index (χ1n) is 9.25. The molecular weight excluding hydrogens is 306 g/mol. The van der Waals surface area contributed by atoms with E-state index in [4.69, 9.17) is 0 Å². The van der Waals surface area contributed by atoms with Gasteiger partial charge in [-0.15, -0.1) is 0 Å². The number of hydrogen-bond acceptors (Lipinski definition) is 2. The number of benzene rings is 2. The first kappa shape index (κ1) is 19.4. The lowest BCUT2D eigenvalue weighted by Crippen LogP contribution is -2.45. The molecule has 0 saturated carbocycles. The quantitative estimate of drug-likeness (QED) is 0.681. The van der Waals surface area contributed by atoms with Crippen molar-refractivity contribution in [2.75, 3.05) is 14.1 Å². The van der Waals surface area contributed by atoms with Gasteiger partial charge in [0.15, 0.2) is 5.78 Å². The summed E-state index contributed by atoms with van der Waals surface area (Å²) in [6.45, 7) is 6.35. The first-order valence-corrected chi connectivity index (χ1v) is 9.25. The molecule has 0 aromatic heterocycles. The van der Waals surface area contributed by atoms with Gasteiger partial charge in [-0.25, -0.2) is 0 Å². The van der Waals surface area contributed by atoms with Crippen LogP contribution in [-0.2, 0) is 10.2 Å². The van der Waals surface area contributed by atoms with Gasteiger partial charge in [0.25, 0.3) is 0 Å². The van der Waals surface area contributed by atoms with Gasteiger partial charge >= 0.3 is 0 Å². The summed E-state index contributed by atoms with van der Waals surface area (Å²) in [6.07, 6.45) is 1.63. The van der Waals surface area contributed by atoms with Crippen molar-refractivity contribution in [2.45, 2.75) is 45.1 Å². The third-order valence-electron chi connectivity index (χ3n) is 5.50. The van der Waals surface area contributed by atoms with E-state index >= 15 is 0 Å². The standard InChI is InChI=1S/C23H31NO/c1-6-18(2)22(25)23(17-19(3)24(4)5,20-13-9-7-10-14-20)21-15-11-8-12-16-21/h7-16,18-19H,6,17H2,1-5H3/t18?,19-/m0/s1. The van der Waals surface area contributed by atoms with Gasteiger partial charge in [0.1, 0.15) is 0 Å². The van der Waals surface area contributed by atoms with E-state index in [1.807, 2.05) is 36.4 Å². The van der Waals surface area contributed by atoms with Crippen LogP contribution in [0.15, 0.2) is 60.7 Å². The zero-order valence-corrected chi connectivity index (χ0v) is 16.2. The maximum Gasteiger partial charge on any atom is 0.150 e. The lowest BCUT2D eigenvalue weighted by Gasteiger charge is -2.39. The Hall–Kier alpha value is -1.93. The summed E-state index contributed by atoms with van der Waals surface area (Å²) in [5.74, 6) is 0.343. The minimum Gasteiger partial charge on any atom is -0.307 e. The number of hydrogen-bond donors (Lipinski definition) is 0. The molecule has 2 rings (SSSR count). The van der Waals surface area contributed by atoms with E-state index in [1.54, 1.807) is 0 Å². The maximum atomic E-state index is 13.7. The third-order valence-corrected chi connectivity index (χ3v) is 5.50. The maximum absolute atomic E-state index is 13.7. The summed E-state index contributed by atoms with van der Waals surface area (Å²) in [6, 6.07) is 20.9. The highest BCUT2D eigenvalue weighted by molar-refractivity contribution is 5.95. The molecule has 0 heterocycles. The van der Waals surface area contributed by atoms with E-state index in [9.17, 15) is 4.79 Å². The van der Waals surface area contributed by atoms with Gasteiger partial charge in [0.05, 0.1) is 5.41 Å². The topological polar surface area (TPSA) is 20.3 Å². The molecule has 1 unspecified atom stereocenters.